The van der Waals surface area contributed by atoms with Crippen molar-refractivity contribution in [3.8, 4) is 0 Å². The standard InChI is InChI=1S/C13H18O2S/c1-10(2)7-8-16-9-11-3-5-12(6-4-11)13(14)15/h3-6,10H,7-9H2,1-2H3,(H,14,15). The van der Waals surface area contributed by atoms with Crippen LogP contribution in [-0.4, -0.2) is 16.8 Å². The molecule has 0 saturated heterocycles. The fraction of sp³-hybridized carbons (Fsp3) is 0.462. The Kier molecular flexibility index (Phi) is 5.39. The van der Waals surface area contributed by atoms with Gasteiger partial charge in [0.2, 0.25) is 0 Å². The number of carboxylic acid groups (broad SMARTS) is 1. The predicted octanol–water partition coefficient (Wildman–Crippen LogP) is 3.66. The molecule has 0 aliphatic rings. The average Bonchev–Trinajstić information content (AvgIpc) is 2.25. The molecule has 1 aromatic rings. The van der Waals surface area contributed by atoms with Crippen molar-refractivity contribution in [2.75, 3.05) is 5.75 Å². The second-order valence-corrected chi connectivity index (χ2v) is 5.34. The Bertz CT molecular complexity index is 330. The fourth-order valence-electron chi connectivity index (χ4n) is 1.25. The zero-order valence-electron chi connectivity index (χ0n) is 9.77. The molecule has 0 saturated carbocycles. The van der Waals surface area contributed by atoms with Crippen molar-refractivity contribution in [2.45, 2.75) is 26.0 Å². The Labute approximate surface area is 101 Å². The number of carboxylic acids is 1. The maximum atomic E-state index is 10.6. The lowest BCUT2D eigenvalue weighted by Crippen LogP contribution is -1.96. The van der Waals surface area contributed by atoms with Crippen LogP contribution in [0, 0.1) is 5.92 Å². The number of thioether (sulfide) groups is 1. The predicted molar refractivity (Wildman–Crippen MR) is 69.0 cm³/mol. The third-order valence-electron chi connectivity index (χ3n) is 2.31. The van der Waals surface area contributed by atoms with Crippen molar-refractivity contribution < 1.29 is 9.90 Å². The highest BCUT2D eigenvalue weighted by Gasteiger charge is 2.01. The van der Waals surface area contributed by atoms with Crippen LogP contribution in [0.1, 0.15) is 36.2 Å². The summed E-state index contributed by atoms with van der Waals surface area (Å²) in [6.07, 6.45) is 1.23. The van der Waals surface area contributed by atoms with Crippen LogP contribution < -0.4 is 0 Å². The molecule has 0 bridgehead atoms. The minimum absolute atomic E-state index is 0.357. The first-order valence-corrected chi connectivity index (χ1v) is 6.65. The van der Waals surface area contributed by atoms with Gasteiger partial charge in [-0.15, -0.1) is 0 Å². The number of aromatic carboxylic acids is 1. The molecule has 0 atom stereocenters. The van der Waals surface area contributed by atoms with Gasteiger partial charge in [0.05, 0.1) is 5.56 Å². The topological polar surface area (TPSA) is 37.3 Å². The van der Waals surface area contributed by atoms with Gasteiger partial charge >= 0.3 is 5.97 Å². The highest BCUT2D eigenvalue weighted by Crippen LogP contribution is 2.16. The van der Waals surface area contributed by atoms with Crippen molar-refractivity contribution in [3.05, 3.63) is 35.4 Å². The van der Waals surface area contributed by atoms with E-state index in [2.05, 4.69) is 13.8 Å². The van der Waals surface area contributed by atoms with Gasteiger partial charge in [-0.25, -0.2) is 4.79 Å². The van der Waals surface area contributed by atoms with Gasteiger partial charge in [-0.2, -0.15) is 11.8 Å². The molecule has 1 N–H and O–H groups in total. The molecule has 0 aromatic heterocycles. The first kappa shape index (κ1) is 13.1. The van der Waals surface area contributed by atoms with Gasteiger partial charge < -0.3 is 5.11 Å². The number of hydrogen-bond donors (Lipinski definition) is 1. The summed E-state index contributed by atoms with van der Waals surface area (Å²) in [5, 5.41) is 8.75. The van der Waals surface area contributed by atoms with Crippen molar-refractivity contribution in [1.82, 2.24) is 0 Å². The van der Waals surface area contributed by atoms with Gasteiger partial charge in [0.1, 0.15) is 0 Å². The summed E-state index contributed by atoms with van der Waals surface area (Å²) in [4.78, 5) is 10.6. The van der Waals surface area contributed by atoms with Gasteiger partial charge in [0.15, 0.2) is 0 Å². The summed E-state index contributed by atoms with van der Waals surface area (Å²) in [7, 11) is 0. The van der Waals surface area contributed by atoms with Gasteiger partial charge in [0, 0.05) is 5.75 Å². The van der Waals surface area contributed by atoms with Crippen LogP contribution in [0.25, 0.3) is 0 Å². The van der Waals surface area contributed by atoms with Crippen LogP contribution in [0.3, 0.4) is 0 Å². The van der Waals surface area contributed by atoms with E-state index in [1.165, 1.54) is 17.7 Å². The van der Waals surface area contributed by atoms with Crippen LogP contribution in [0.2, 0.25) is 0 Å². The average molecular weight is 238 g/mol. The van der Waals surface area contributed by atoms with E-state index >= 15 is 0 Å². The summed E-state index contributed by atoms with van der Waals surface area (Å²) >= 11 is 1.90. The van der Waals surface area contributed by atoms with E-state index in [-0.39, 0.29) is 0 Å². The van der Waals surface area contributed by atoms with E-state index in [0.29, 0.717) is 5.56 Å². The lowest BCUT2D eigenvalue weighted by Gasteiger charge is -2.04. The summed E-state index contributed by atoms with van der Waals surface area (Å²) in [6, 6.07) is 7.12. The van der Waals surface area contributed by atoms with Crippen LogP contribution in [-0.2, 0) is 5.75 Å². The molecule has 0 unspecified atom stereocenters. The van der Waals surface area contributed by atoms with Crippen molar-refractivity contribution >= 4 is 17.7 Å². The normalized spacial score (nSPS) is 10.7. The van der Waals surface area contributed by atoms with E-state index in [1.54, 1.807) is 12.1 Å². The Morgan fingerprint density at radius 1 is 1.31 bits per heavy atom. The van der Waals surface area contributed by atoms with E-state index in [9.17, 15) is 4.79 Å². The second-order valence-electron chi connectivity index (χ2n) is 4.24. The van der Waals surface area contributed by atoms with Crippen molar-refractivity contribution in [2.24, 2.45) is 5.92 Å². The number of carbonyl (C=O) groups is 1. The molecule has 2 nitrogen and oxygen atoms in total. The Hall–Kier alpha value is -0.960. The van der Waals surface area contributed by atoms with Gasteiger partial charge in [-0.3, -0.25) is 0 Å². The summed E-state index contributed by atoms with van der Waals surface area (Å²) in [5.41, 5.74) is 1.55. The third kappa shape index (κ3) is 4.71. The summed E-state index contributed by atoms with van der Waals surface area (Å²) in [5.74, 6) is 2.02. The van der Waals surface area contributed by atoms with Crippen LogP contribution in [0.4, 0.5) is 0 Å². The number of hydrogen-bond acceptors (Lipinski definition) is 2. The molecule has 0 spiro atoms. The molecule has 16 heavy (non-hydrogen) atoms. The van der Waals surface area contributed by atoms with Gasteiger partial charge in [-0.1, -0.05) is 26.0 Å². The molecule has 0 amide bonds. The van der Waals surface area contributed by atoms with Crippen LogP contribution >= 0.6 is 11.8 Å². The fourth-order valence-corrected chi connectivity index (χ4v) is 2.46. The molecular weight excluding hydrogens is 220 g/mol. The maximum absolute atomic E-state index is 10.6. The molecule has 0 radical (unpaired) electrons. The monoisotopic (exact) mass is 238 g/mol. The largest absolute Gasteiger partial charge is 0.478 e. The quantitative estimate of drug-likeness (QED) is 0.768. The molecule has 88 valence electrons. The van der Waals surface area contributed by atoms with Crippen LogP contribution in [0.5, 0.6) is 0 Å². The van der Waals surface area contributed by atoms with E-state index < -0.39 is 5.97 Å². The van der Waals surface area contributed by atoms with E-state index in [1.807, 2.05) is 23.9 Å². The Morgan fingerprint density at radius 2 is 1.94 bits per heavy atom. The van der Waals surface area contributed by atoms with Crippen molar-refractivity contribution in [1.29, 1.82) is 0 Å². The van der Waals surface area contributed by atoms with Gasteiger partial charge in [-0.05, 0) is 35.8 Å². The van der Waals surface area contributed by atoms with Crippen molar-refractivity contribution in [3.63, 3.8) is 0 Å². The third-order valence-corrected chi connectivity index (χ3v) is 3.37. The molecule has 3 heteroatoms. The maximum Gasteiger partial charge on any atom is 0.335 e. The second kappa shape index (κ2) is 6.59. The number of benzene rings is 1. The molecule has 0 heterocycles. The molecule has 0 aliphatic carbocycles. The summed E-state index contributed by atoms with van der Waals surface area (Å²) in [6.45, 7) is 4.45. The lowest BCUT2D eigenvalue weighted by molar-refractivity contribution is 0.0697. The summed E-state index contributed by atoms with van der Waals surface area (Å²) < 4.78 is 0. The number of rotatable bonds is 6. The first-order chi connectivity index (χ1) is 7.59. The zero-order valence-corrected chi connectivity index (χ0v) is 10.6. The molecule has 0 fully saturated rings. The molecule has 0 aliphatic heterocycles. The highest BCUT2D eigenvalue weighted by molar-refractivity contribution is 7.98. The smallest absolute Gasteiger partial charge is 0.335 e. The highest BCUT2D eigenvalue weighted by atomic mass is 32.2. The zero-order chi connectivity index (χ0) is 12.0. The Balaban J connectivity index is 2.35. The van der Waals surface area contributed by atoms with Crippen LogP contribution in [0.15, 0.2) is 24.3 Å². The first-order valence-electron chi connectivity index (χ1n) is 5.49. The minimum Gasteiger partial charge on any atom is -0.478 e. The van der Waals surface area contributed by atoms with E-state index in [4.69, 9.17) is 5.11 Å². The van der Waals surface area contributed by atoms with Gasteiger partial charge in [0.25, 0.3) is 0 Å². The lowest BCUT2D eigenvalue weighted by atomic mass is 10.1. The molecule has 1 aromatic carbocycles. The SMILES string of the molecule is CC(C)CCSCc1ccc(C(=O)O)cc1. The molecular formula is C13H18O2S. The molecule has 1 rings (SSSR count). The Morgan fingerprint density at radius 3 is 2.44 bits per heavy atom. The minimum atomic E-state index is -0.862. The van der Waals surface area contributed by atoms with E-state index in [0.717, 1.165) is 11.7 Å².